The second kappa shape index (κ2) is 63.2. The highest BCUT2D eigenvalue weighted by Gasteiger charge is 2.24. The monoisotopic (exact) mass is 1160 g/mol. The number of carbonyl (C=O) groups is 1. The Morgan fingerprint density at radius 3 is 1.04 bits per heavy atom. The van der Waals surface area contributed by atoms with Crippen LogP contribution in [0.3, 0.4) is 0 Å². The standard InChI is InChI=1S/C72H141N2O6P/c1-6-8-10-12-14-16-18-20-22-24-26-27-28-29-30-31-32-33-34-35-36-37-38-39-40-41-42-43-44-45-46-47-48-50-52-54-56-58-60-62-64-66-72(76)73-70(69-80-81(77,78)79-68-67-74(3,4)5)71(75)65-63-61-59-57-55-53-51-49-25-23-21-19-17-15-13-11-9-7-2/h18,20,24,26,28-29,70-71,75H,6-17,19,21-23,25,27,30-69H2,1-5H3,(H-,73,76,77,78)/b20-18-,26-24-,29-28-. The number of carbonyl (C=O) groups excluding carboxylic acids is 1. The maximum Gasteiger partial charge on any atom is 0.268 e. The molecule has 0 saturated heterocycles. The molecular weight excluding hydrogens is 1020 g/mol. The van der Waals surface area contributed by atoms with Crippen LogP contribution in [0.2, 0.25) is 0 Å². The van der Waals surface area contributed by atoms with Crippen LogP contribution in [0.4, 0.5) is 0 Å². The topological polar surface area (TPSA) is 108 Å². The van der Waals surface area contributed by atoms with E-state index in [1.165, 1.54) is 289 Å². The summed E-state index contributed by atoms with van der Waals surface area (Å²) in [6.07, 6.45) is 83.8. The molecule has 0 radical (unpaired) electrons. The number of phosphoric acid groups is 1. The lowest BCUT2D eigenvalue weighted by Gasteiger charge is -2.30. The Bertz CT molecular complexity index is 1410. The number of nitrogens with one attached hydrogen (secondary N) is 1. The van der Waals surface area contributed by atoms with Crippen molar-refractivity contribution in [3.8, 4) is 0 Å². The number of aliphatic hydroxyl groups is 1. The van der Waals surface area contributed by atoms with Gasteiger partial charge in [0, 0.05) is 6.42 Å². The van der Waals surface area contributed by atoms with Crippen LogP contribution in [-0.4, -0.2) is 68.5 Å². The first-order valence-corrected chi connectivity index (χ1v) is 37.3. The van der Waals surface area contributed by atoms with Crippen molar-refractivity contribution in [1.82, 2.24) is 5.32 Å². The van der Waals surface area contributed by atoms with Crippen LogP contribution < -0.4 is 10.2 Å². The minimum Gasteiger partial charge on any atom is -0.756 e. The Morgan fingerprint density at radius 2 is 0.716 bits per heavy atom. The van der Waals surface area contributed by atoms with Crippen molar-refractivity contribution in [2.24, 2.45) is 0 Å². The zero-order valence-electron chi connectivity index (χ0n) is 55.0. The summed E-state index contributed by atoms with van der Waals surface area (Å²) in [7, 11) is 1.32. The molecule has 0 aromatic rings. The Kier molecular flexibility index (Phi) is 62.2. The Labute approximate surface area is 506 Å². The van der Waals surface area contributed by atoms with E-state index in [2.05, 4.69) is 55.6 Å². The van der Waals surface area contributed by atoms with Crippen molar-refractivity contribution < 1.29 is 32.9 Å². The molecule has 0 aromatic heterocycles. The maximum atomic E-state index is 13.0. The van der Waals surface area contributed by atoms with Gasteiger partial charge in [-0.1, -0.05) is 346 Å². The summed E-state index contributed by atoms with van der Waals surface area (Å²) >= 11 is 0. The van der Waals surface area contributed by atoms with E-state index >= 15 is 0 Å². The first kappa shape index (κ1) is 79.7. The van der Waals surface area contributed by atoms with Crippen molar-refractivity contribution in [2.45, 2.75) is 379 Å². The highest BCUT2D eigenvalue weighted by molar-refractivity contribution is 7.45. The number of unbranched alkanes of at least 4 members (excludes halogenated alkanes) is 48. The molecule has 0 rings (SSSR count). The molecule has 480 valence electrons. The molecule has 0 bridgehead atoms. The number of amides is 1. The molecule has 0 spiro atoms. The number of phosphoric ester groups is 1. The van der Waals surface area contributed by atoms with E-state index < -0.39 is 20.0 Å². The Balaban J connectivity index is 3.86. The molecule has 3 unspecified atom stereocenters. The van der Waals surface area contributed by atoms with Gasteiger partial charge < -0.3 is 28.8 Å². The minimum absolute atomic E-state index is 0.0150. The summed E-state index contributed by atoms with van der Waals surface area (Å²) in [6.45, 7) is 4.76. The van der Waals surface area contributed by atoms with Crippen molar-refractivity contribution >= 4 is 13.7 Å². The van der Waals surface area contributed by atoms with E-state index in [4.69, 9.17) is 9.05 Å². The minimum atomic E-state index is -4.57. The van der Waals surface area contributed by atoms with Gasteiger partial charge in [0.15, 0.2) is 0 Å². The van der Waals surface area contributed by atoms with Gasteiger partial charge in [0.05, 0.1) is 39.9 Å². The van der Waals surface area contributed by atoms with Gasteiger partial charge in [0.25, 0.3) is 7.82 Å². The summed E-state index contributed by atoms with van der Waals surface area (Å²) in [5, 5.41) is 14.1. The molecule has 81 heavy (non-hydrogen) atoms. The summed E-state index contributed by atoms with van der Waals surface area (Å²) in [4.78, 5) is 25.6. The lowest BCUT2D eigenvalue weighted by atomic mass is 10.0. The quantitative estimate of drug-likeness (QED) is 0.0272. The third kappa shape index (κ3) is 66.1. The zero-order chi connectivity index (χ0) is 59.1. The van der Waals surface area contributed by atoms with Gasteiger partial charge in [-0.3, -0.25) is 9.36 Å². The van der Waals surface area contributed by atoms with Crippen LogP contribution in [-0.2, 0) is 18.4 Å². The predicted molar refractivity (Wildman–Crippen MR) is 353 cm³/mol. The van der Waals surface area contributed by atoms with E-state index in [0.717, 1.165) is 51.4 Å². The van der Waals surface area contributed by atoms with E-state index in [1.54, 1.807) is 0 Å². The highest BCUT2D eigenvalue weighted by Crippen LogP contribution is 2.38. The van der Waals surface area contributed by atoms with Crippen molar-refractivity contribution in [1.29, 1.82) is 0 Å². The predicted octanol–water partition coefficient (Wildman–Crippen LogP) is 22.2. The fraction of sp³-hybridized carbons (Fsp3) is 0.903. The second-order valence-electron chi connectivity index (χ2n) is 26.0. The smallest absolute Gasteiger partial charge is 0.268 e. The molecule has 0 aliphatic carbocycles. The number of quaternary nitrogens is 1. The lowest BCUT2D eigenvalue weighted by molar-refractivity contribution is -0.870. The van der Waals surface area contributed by atoms with Crippen LogP contribution in [0.1, 0.15) is 367 Å². The molecule has 9 heteroatoms. The largest absolute Gasteiger partial charge is 0.756 e. The number of hydrogen-bond acceptors (Lipinski definition) is 6. The summed E-state index contributed by atoms with van der Waals surface area (Å²) in [6, 6.07) is -0.799. The molecule has 3 atom stereocenters. The number of aliphatic hydroxyl groups excluding tert-OH is 1. The SMILES string of the molecule is CCCCCCC/C=C\C/C=C\C/C=C\CCCCCCCCCCCCCCCCCCCCCCCCCCCCC(=O)NC(COP(=O)([O-])OCC[N+](C)(C)C)C(O)CCCCCCCCCCCCCCCCCCCC. The molecule has 0 fully saturated rings. The van der Waals surface area contributed by atoms with Gasteiger partial charge in [-0.25, -0.2) is 0 Å². The molecular formula is C72H141N2O6P. The van der Waals surface area contributed by atoms with Crippen molar-refractivity contribution in [2.75, 3.05) is 40.9 Å². The Morgan fingerprint density at radius 1 is 0.432 bits per heavy atom. The maximum absolute atomic E-state index is 13.0. The summed E-state index contributed by atoms with van der Waals surface area (Å²) in [5.74, 6) is -0.157. The van der Waals surface area contributed by atoms with Crippen molar-refractivity contribution in [3.05, 3.63) is 36.5 Å². The lowest BCUT2D eigenvalue weighted by Crippen LogP contribution is -2.46. The number of allylic oxidation sites excluding steroid dienone is 6. The van der Waals surface area contributed by atoms with Crippen LogP contribution in [0.25, 0.3) is 0 Å². The summed E-state index contributed by atoms with van der Waals surface area (Å²) in [5.41, 5.74) is 0. The van der Waals surface area contributed by atoms with Gasteiger partial charge in [-0.05, 0) is 51.4 Å². The van der Waals surface area contributed by atoms with Gasteiger partial charge in [-0.15, -0.1) is 0 Å². The van der Waals surface area contributed by atoms with Gasteiger partial charge in [-0.2, -0.15) is 0 Å². The highest BCUT2D eigenvalue weighted by atomic mass is 31.2. The number of hydrogen-bond donors (Lipinski definition) is 2. The van der Waals surface area contributed by atoms with E-state index in [1.807, 2.05) is 21.1 Å². The first-order chi connectivity index (χ1) is 39.5. The number of nitrogens with zero attached hydrogens (tertiary/aromatic N) is 1. The fourth-order valence-electron chi connectivity index (χ4n) is 11.1. The third-order valence-corrected chi connectivity index (χ3v) is 17.6. The van der Waals surface area contributed by atoms with Gasteiger partial charge >= 0.3 is 0 Å². The van der Waals surface area contributed by atoms with Crippen LogP contribution in [0.15, 0.2) is 36.5 Å². The van der Waals surface area contributed by atoms with Crippen LogP contribution >= 0.6 is 7.82 Å². The fourth-order valence-corrected chi connectivity index (χ4v) is 11.8. The number of rotatable bonds is 67. The molecule has 0 heterocycles. The molecule has 0 aromatic carbocycles. The number of likely N-dealkylation sites (N-methyl/N-ethyl adjacent to an activating group) is 1. The van der Waals surface area contributed by atoms with Gasteiger partial charge in [0.2, 0.25) is 5.91 Å². The third-order valence-electron chi connectivity index (χ3n) is 16.6. The Hall–Kier alpha value is -1.28. The zero-order valence-corrected chi connectivity index (χ0v) is 55.9. The molecule has 2 N–H and O–H groups in total. The van der Waals surface area contributed by atoms with Crippen molar-refractivity contribution in [3.63, 3.8) is 0 Å². The summed E-state index contributed by atoms with van der Waals surface area (Å²) < 4.78 is 23.5. The molecule has 0 aliphatic heterocycles. The molecule has 0 aliphatic rings. The van der Waals surface area contributed by atoms with E-state index in [9.17, 15) is 19.4 Å². The normalized spacial score (nSPS) is 13.8. The van der Waals surface area contributed by atoms with E-state index in [-0.39, 0.29) is 19.1 Å². The average Bonchev–Trinajstić information content (AvgIpc) is 3.43. The van der Waals surface area contributed by atoms with E-state index in [0.29, 0.717) is 23.9 Å². The van der Waals surface area contributed by atoms with Crippen LogP contribution in [0.5, 0.6) is 0 Å². The molecule has 1 amide bonds. The molecule has 0 saturated carbocycles. The second-order valence-corrected chi connectivity index (χ2v) is 27.4. The molecule has 8 nitrogen and oxygen atoms in total. The first-order valence-electron chi connectivity index (χ1n) is 35.8. The average molecular weight is 1160 g/mol. The van der Waals surface area contributed by atoms with Crippen LogP contribution in [0, 0.1) is 0 Å². The van der Waals surface area contributed by atoms with Gasteiger partial charge in [0.1, 0.15) is 13.2 Å².